The topological polar surface area (TPSA) is 60.9 Å². The van der Waals surface area contributed by atoms with Gasteiger partial charge in [0.2, 0.25) is 5.91 Å². The molecule has 1 atom stereocenters. The van der Waals surface area contributed by atoms with Gasteiger partial charge in [0.15, 0.2) is 0 Å². The van der Waals surface area contributed by atoms with Crippen LogP contribution in [-0.4, -0.2) is 59.5 Å². The summed E-state index contributed by atoms with van der Waals surface area (Å²) in [5.74, 6) is -0.0590. The maximum atomic E-state index is 12.4. The lowest BCUT2D eigenvalue weighted by Crippen LogP contribution is -2.43. The average molecular weight is 296 g/mol. The number of aliphatic carboxylic acids is 1. The molecule has 2 fully saturated rings. The van der Waals surface area contributed by atoms with Crippen LogP contribution in [0, 0.1) is 5.92 Å². The molecular formula is C16H28N2O3. The molecule has 1 aliphatic heterocycles. The number of carbonyl (C=O) groups is 2. The van der Waals surface area contributed by atoms with Crippen molar-refractivity contribution >= 4 is 11.9 Å². The predicted octanol–water partition coefficient (Wildman–Crippen LogP) is 1.96. The fourth-order valence-corrected chi connectivity index (χ4v) is 3.59. The van der Waals surface area contributed by atoms with Crippen molar-refractivity contribution in [3.05, 3.63) is 0 Å². The molecule has 0 aromatic carbocycles. The van der Waals surface area contributed by atoms with Crippen LogP contribution in [0.25, 0.3) is 0 Å². The monoisotopic (exact) mass is 296 g/mol. The van der Waals surface area contributed by atoms with Gasteiger partial charge in [0.1, 0.15) is 0 Å². The van der Waals surface area contributed by atoms with Crippen LogP contribution in [0.4, 0.5) is 0 Å². The van der Waals surface area contributed by atoms with Crippen LogP contribution in [-0.2, 0) is 9.59 Å². The summed E-state index contributed by atoms with van der Waals surface area (Å²) in [6.07, 6.45) is 8.07. The molecule has 1 saturated carbocycles. The zero-order valence-electron chi connectivity index (χ0n) is 13.1. The van der Waals surface area contributed by atoms with Gasteiger partial charge in [-0.3, -0.25) is 14.5 Å². The molecule has 1 amide bonds. The molecular weight excluding hydrogens is 268 g/mol. The minimum Gasteiger partial charge on any atom is -0.481 e. The lowest BCUT2D eigenvalue weighted by molar-refractivity contribution is -0.137. The van der Waals surface area contributed by atoms with Gasteiger partial charge >= 0.3 is 5.97 Å². The van der Waals surface area contributed by atoms with E-state index in [0.717, 1.165) is 38.8 Å². The van der Waals surface area contributed by atoms with Crippen molar-refractivity contribution < 1.29 is 14.7 Å². The summed E-state index contributed by atoms with van der Waals surface area (Å²) < 4.78 is 0. The highest BCUT2D eigenvalue weighted by atomic mass is 16.4. The number of amides is 1. The highest BCUT2D eigenvalue weighted by Gasteiger charge is 2.27. The normalized spacial score (nSPS) is 24.1. The fourth-order valence-electron chi connectivity index (χ4n) is 3.59. The SMILES string of the molecule is CN(C(=O)CN1CCC(CCC(=O)O)C1)C1CCCCC1. The minimum absolute atomic E-state index is 0.223. The standard InChI is InChI=1S/C16H28N2O3/c1-17(14-5-3-2-4-6-14)15(19)12-18-10-9-13(11-18)7-8-16(20)21/h13-14H,2-12H2,1H3,(H,20,21). The van der Waals surface area contributed by atoms with Crippen molar-refractivity contribution in [2.24, 2.45) is 5.92 Å². The summed E-state index contributed by atoms with van der Waals surface area (Å²) in [5.41, 5.74) is 0. The summed E-state index contributed by atoms with van der Waals surface area (Å²) in [7, 11) is 1.94. The third kappa shape index (κ3) is 4.99. The van der Waals surface area contributed by atoms with Gasteiger partial charge in [-0.1, -0.05) is 19.3 Å². The van der Waals surface area contributed by atoms with Gasteiger partial charge in [-0.05, 0) is 38.1 Å². The zero-order valence-corrected chi connectivity index (χ0v) is 13.1. The highest BCUT2D eigenvalue weighted by Crippen LogP contribution is 2.23. The summed E-state index contributed by atoms with van der Waals surface area (Å²) in [5, 5.41) is 8.73. The Bertz CT molecular complexity index is 367. The maximum Gasteiger partial charge on any atom is 0.303 e. The van der Waals surface area contributed by atoms with E-state index in [0.29, 0.717) is 18.5 Å². The van der Waals surface area contributed by atoms with Crippen LogP contribution in [0.1, 0.15) is 51.4 Å². The van der Waals surface area contributed by atoms with Crippen LogP contribution in [0.15, 0.2) is 0 Å². The number of likely N-dealkylation sites (tertiary alicyclic amines) is 1. The van der Waals surface area contributed by atoms with E-state index >= 15 is 0 Å². The molecule has 0 radical (unpaired) electrons. The fraction of sp³-hybridized carbons (Fsp3) is 0.875. The summed E-state index contributed by atoms with van der Waals surface area (Å²) >= 11 is 0. The first-order valence-electron chi connectivity index (χ1n) is 8.26. The van der Waals surface area contributed by atoms with E-state index in [-0.39, 0.29) is 12.3 Å². The van der Waals surface area contributed by atoms with Gasteiger partial charge in [0.25, 0.3) is 0 Å². The number of nitrogens with zero attached hydrogens (tertiary/aromatic N) is 2. The van der Waals surface area contributed by atoms with Gasteiger partial charge in [-0.25, -0.2) is 0 Å². The molecule has 1 aliphatic carbocycles. The third-order valence-corrected chi connectivity index (χ3v) is 5.01. The number of carboxylic acid groups (broad SMARTS) is 1. The number of likely N-dealkylation sites (N-methyl/N-ethyl adjacent to an activating group) is 1. The number of carboxylic acids is 1. The molecule has 0 spiro atoms. The molecule has 1 unspecified atom stereocenters. The molecule has 2 rings (SSSR count). The predicted molar refractivity (Wildman–Crippen MR) is 81.1 cm³/mol. The van der Waals surface area contributed by atoms with E-state index in [9.17, 15) is 9.59 Å². The largest absolute Gasteiger partial charge is 0.481 e. The average Bonchev–Trinajstić information content (AvgIpc) is 2.92. The van der Waals surface area contributed by atoms with Gasteiger partial charge in [-0.15, -0.1) is 0 Å². The van der Waals surface area contributed by atoms with Crippen molar-refractivity contribution in [3.63, 3.8) is 0 Å². The Labute approximate surface area is 127 Å². The second kappa shape index (κ2) is 7.78. The van der Waals surface area contributed by atoms with Crippen LogP contribution in [0.3, 0.4) is 0 Å². The van der Waals surface area contributed by atoms with Crippen molar-refractivity contribution in [2.45, 2.75) is 57.4 Å². The first-order chi connectivity index (χ1) is 10.1. The Morgan fingerprint density at radius 1 is 1.19 bits per heavy atom. The van der Waals surface area contributed by atoms with E-state index in [2.05, 4.69) is 4.90 Å². The van der Waals surface area contributed by atoms with Crippen LogP contribution < -0.4 is 0 Å². The van der Waals surface area contributed by atoms with Crippen molar-refractivity contribution in [1.29, 1.82) is 0 Å². The number of rotatable bonds is 6. The molecule has 5 heteroatoms. The van der Waals surface area contributed by atoms with E-state index in [1.165, 1.54) is 19.3 Å². The lowest BCUT2D eigenvalue weighted by atomic mass is 9.94. The maximum absolute atomic E-state index is 12.4. The van der Waals surface area contributed by atoms with Gasteiger partial charge in [0.05, 0.1) is 6.54 Å². The van der Waals surface area contributed by atoms with Crippen LogP contribution in [0.2, 0.25) is 0 Å². The van der Waals surface area contributed by atoms with Crippen molar-refractivity contribution in [2.75, 3.05) is 26.7 Å². The first-order valence-corrected chi connectivity index (χ1v) is 8.26. The Balaban J connectivity index is 1.71. The molecule has 0 aromatic rings. The highest BCUT2D eigenvalue weighted by molar-refractivity contribution is 5.78. The summed E-state index contributed by atoms with van der Waals surface area (Å²) in [4.78, 5) is 27.1. The Kier molecular flexibility index (Phi) is 6.03. The van der Waals surface area contributed by atoms with Gasteiger partial charge < -0.3 is 10.0 Å². The van der Waals surface area contributed by atoms with E-state index in [1.54, 1.807) is 0 Å². The zero-order chi connectivity index (χ0) is 15.2. The summed E-state index contributed by atoms with van der Waals surface area (Å²) in [6, 6.07) is 0.427. The second-order valence-corrected chi connectivity index (χ2v) is 6.62. The van der Waals surface area contributed by atoms with Gasteiger partial charge in [-0.2, -0.15) is 0 Å². The van der Waals surface area contributed by atoms with Crippen LogP contribution in [0.5, 0.6) is 0 Å². The summed E-state index contributed by atoms with van der Waals surface area (Å²) in [6.45, 7) is 2.29. The smallest absolute Gasteiger partial charge is 0.303 e. The third-order valence-electron chi connectivity index (χ3n) is 5.01. The molecule has 1 N–H and O–H groups in total. The molecule has 21 heavy (non-hydrogen) atoms. The Hall–Kier alpha value is -1.10. The molecule has 2 aliphatic rings. The quantitative estimate of drug-likeness (QED) is 0.814. The second-order valence-electron chi connectivity index (χ2n) is 6.62. The van der Waals surface area contributed by atoms with E-state index < -0.39 is 5.97 Å². The molecule has 0 aromatic heterocycles. The van der Waals surface area contributed by atoms with E-state index in [1.807, 2.05) is 11.9 Å². The first kappa shape index (κ1) is 16.3. The molecule has 1 saturated heterocycles. The number of hydrogen-bond acceptors (Lipinski definition) is 3. The van der Waals surface area contributed by atoms with Gasteiger partial charge in [0, 0.05) is 26.1 Å². The molecule has 0 bridgehead atoms. The Morgan fingerprint density at radius 2 is 1.90 bits per heavy atom. The Morgan fingerprint density at radius 3 is 2.57 bits per heavy atom. The number of hydrogen-bond donors (Lipinski definition) is 1. The lowest BCUT2D eigenvalue weighted by Gasteiger charge is -2.32. The molecule has 5 nitrogen and oxygen atoms in total. The van der Waals surface area contributed by atoms with Crippen molar-refractivity contribution in [3.8, 4) is 0 Å². The molecule has 1 heterocycles. The number of carbonyl (C=O) groups excluding carboxylic acids is 1. The van der Waals surface area contributed by atoms with Crippen LogP contribution >= 0.6 is 0 Å². The minimum atomic E-state index is -0.721. The van der Waals surface area contributed by atoms with E-state index in [4.69, 9.17) is 5.11 Å². The van der Waals surface area contributed by atoms with Crippen molar-refractivity contribution in [1.82, 2.24) is 9.80 Å². The molecule has 120 valence electrons.